The average molecular weight is 281 g/mol. The molecular formula is C8H5ClO3S3. The van der Waals surface area contributed by atoms with Crippen LogP contribution in [0.4, 0.5) is 0 Å². The second kappa shape index (κ2) is 3.88. The van der Waals surface area contributed by atoms with E-state index in [1.54, 1.807) is 12.1 Å². The first-order valence-electron chi connectivity index (χ1n) is 3.80. The van der Waals surface area contributed by atoms with E-state index in [1.807, 2.05) is 6.07 Å². The second-order valence-corrected chi connectivity index (χ2v) is 7.14. The number of halogens is 1. The molecular weight excluding hydrogens is 276 g/mol. The van der Waals surface area contributed by atoms with Gasteiger partial charge in [0, 0.05) is 9.75 Å². The highest BCUT2D eigenvalue weighted by Gasteiger charge is 2.14. The Hall–Kier alpha value is -0.400. The maximum atomic E-state index is 10.8. The van der Waals surface area contributed by atoms with Crippen LogP contribution in [-0.2, 0) is 10.1 Å². The van der Waals surface area contributed by atoms with Gasteiger partial charge in [-0.15, -0.1) is 22.7 Å². The number of hydrogen-bond acceptors (Lipinski definition) is 4. The fraction of sp³-hybridized carbons (Fsp3) is 0. The third-order valence-corrected chi connectivity index (χ3v) is 5.48. The van der Waals surface area contributed by atoms with Gasteiger partial charge in [0.2, 0.25) is 0 Å². The first kappa shape index (κ1) is 11.1. The van der Waals surface area contributed by atoms with Gasteiger partial charge in [0.1, 0.15) is 4.21 Å². The van der Waals surface area contributed by atoms with Gasteiger partial charge in [-0.25, -0.2) is 0 Å². The summed E-state index contributed by atoms with van der Waals surface area (Å²) in [6, 6.07) is 6.58. The molecule has 0 unspecified atom stereocenters. The zero-order valence-corrected chi connectivity index (χ0v) is 10.4. The summed E-state index contributed by atoms with van der Waals surface area (Å²) in [4.78, 5) is 1.67. The van der Waals surface area contributed by atoms with Gasteiger partial charge in [-0.05, 0) is 24.3 Å². The Morgan fingerprint density at radius 2 is 1.67 bits per heavy atom. The van der Waals surface area contributed by atoms with Crippen molar-refractivity contribution in [2.24, 2.45) is 0 Å². The second-order valence-electron chi connectivity index (χ2n) is 2.70. The molecule has 0 spiro atoms. The zero-order valence-electron chi connectivity index (χ0n) is 7.18. The Kier molecular flexibility index (Phi) is 2.87. The van der Waals surface area contributed by atoms with E-state index < -0.39 is 10.1 Å². The molecule has 0 saturated carbocycles. The van der Waals surface area contributed by atoms with Crippen molar-refractivity contribution in [3.8, 4) is 9.75 Å². The van der Waals surface area contributed by atoms with Crippen LogP contribution < -0.4 is 0 Å². The molecule has 80 valence electrons. The van der Waals surface area contributed by atoms with E-state index in [-0.39, 0.29) is 4.21 Å². The van der Waals surface area contributed by atoms with Gasteiger partial charge in [0.15, 0.2) is 0 Å². The molecule has 0 saturated heterocycles. The maximum absolute atomic E-state index is 10.8. The standard InChI is InChI=1S/C8H5ClO3S3/c9-7-3-1-5(13-7)6-2-4-8(14-6)15(10,11)12/h1-4H,(H,10,11,12). The Labute approximate surface area is 99.7 Å². The molecule has 1 N–H and O–H groups in total. The van der Waals surface area contributed by atoms with Crippen LogP contribution in [0.15, 0.2) is 28.5 Å². The summed E-state index contributed by atoms with van der Waals surface area (Å²) in [6.07, 6.45) is 0. The smallest absolute Gasteiger partial charge is 0.281 e. The highest BCUT2D eigenvalue weighted by molar-refractivity contribution is 7.88. The summed E-state index contributed by atoms with van der Waals surface area (Å²) in [6.45, 7) is 0. The van der Waals surface area contributed by atoms with Crippen molar-refractivity contribution in [2.75, 3.05) is 0 Å². The minimum Gasteiger partial charge on any atom is -0.281 e. The van der Waals surface area contributed by atoms with Crippen molar-refractivity contribution in [1.29, 1.82) is 0 Å². The van der Waals surface area contributed by atoms with E-state index in [4.69, 9.17) is 16.2 Å². The van der Waals surface area contributed by atoms with E-state index in [1.165, 1.54) is 17.4 Å². The van der Waals surface area contributed by atoms with Gasteiger partial charge in [0.25, 0.3) is 0 Å². The molecule has 0 aliphatic rings. The molecule has 0 amide bonds. The van der Waals surface area contributed by atoms with E-state index in [2.05, 4.69) is 0 Å². The number of rotatable bonds is 2. The fourth-order valence-corrected chi connectivity index (χ4v) is 3.84. The predicted octanol–water partition coefficient (Wildman–Crippen LogP) is 3.38. The minimum absolute atomic E-state index is 0.0537. The van der Waals surface area contributed by atoms with Gasteiger partial charge in [-0.1, -0.05) is 11.6 Å². The molecule has 0 fully saturated rings. The lowest BCUT2D eigenvalue weighted by Crippen LogP contribution is -1.92. The van der Waals surface area contributed by atoms with Gasteiger partial charge in [0.05, 0.1) is 4.34 Å². The van der Waals surface area contributed by atoms with Crippen LogP contribution in [0.2, 0.25) is 4.34 Å². The van der Waals surface area contributed by atoms with E-state index in [0.717, 1.165) is 21.1 Å². The molecule has 3 nitrogen and oxygen atoms in total. The molecule has 2 aromatic rings. The summed E-state index contributed by atoms with van der Waals surface area (Å²) in [7, 11) is -4.09. The lowest BCUT2D eigenvalue weighted by atomic mass is 10.4. The molecule has 0 atom stereocenters. The van der Waals surface area contributed by atoms with Gasteiger partial charge in [-0.2, -0.15) is 8.42 Å². The lowest BCUT2D eigenvalue weighted by Gasteiger charge is -1.89. The topological polar surface area (TPSA) is 54.4 Å². The van der Waals surface area contributed by atoms with Crippen molar-refractivity contribution >= 4 is 44.4 Å². The Balaban J connectivity index is 2.44. The van der Waals surface area contributed by atoms with Crippen LogP contribution >= 0.6 is 34.3 Å². The summed E-state index contributed by atoms with van der Waals surface area (Å²) in [5, 5.41) is 0. The molecule has 0 bridgehead atoms. The summed E-state index contributed by atoms with van der Waals surface area (Å²) < 4.78 is 31.1. The molecule has 0 aromatic carbocycles. The molecule has 2 heterocycles. The van der Waals surface area contributed by atoms with E-state index in [0.29, 0.717) is 4.34 Å². The number of thiophene rings is 2. The van der Waals surface area contributed by atoms with Gasteiger partial charge >= 0.3 is 10.1 Å². The van der Waals surface area contributed by atoms with E-state index >= 15 is 0 Å². The summed E-state index contributed by atoms with van der Waals surface area (Å²) in [5.74, 6) is 0. The van der Waals surface area contributed by atoms with Crippen LogP contribution in [-0.4, -0.2) is 13.0 Å². The highest BCUT2D eigenvalue weighted by atomic mass is 35.5. The average Bonchev–Trinajstić information content (AvgIpc) is 2.69. The third-order valence-electron chi connectivity index (χ3n) is 1.65. The molecule has 0 aliphatic carbocycles. The normalized spacial score (nSPS) is 11.9. The van der Waals surface area contributed by atoms with Crippen molar-refractivity contribution in [1.82, 2.24) is 0 Å². The SMILES string of the molecule is O=S(=O)(O)c1ccc(-c2ccc(Cl)s2)s1. The first-order valence-corrected chi connectivity index (χ1v) is 7.25. The van der Waals surface area contributed by atoms with Crippen LogP contribution in [0, 0.1) is 0 Å². The molecule has 2 rings (SSSR count). The third kappa shape index (κ3) is 2.40. The number of hydrogen-bond donors (Lipinski definition) is 1. The molecule has 0 radical (unpaired) electrons. The molecule has 2 aromatic heterocycles. The lowest BCUT2D eigenvalue weighted by molar-refractivity contribution is 0.485. The van der Waals surface area contributed by atoms with Crippen molar-refractivity contribution in [3.05, 3.63) is 28.6 Å². The predicted molar refractivity (Wildman–Crippen MR) is 62.5 cm³/mol. The fourth-order valence-electron chi connectivity index (χ4n) is 1.04. The highest BCUT2D eigenvalue weighted by Crippen LogP contribution is 2.36. The van der Waals surface area contributed by atoms with Crippen molar-refractivity contribution < 1.29 is 13.0 Å². The Bertz CT molecular complexity index is 582. The molecule has 15 heavy (non-hydrogen) atoms. The van der Waals surface area contributed by atoms with E-state index in [9.17, 15) is 8.42 Å². The van der Waals surface area contributed by atoms with Gasteiger partial charge in [-0.3, -0.25) is 4.55 Å². The van der Waals surface area contributed by atoms with Crippen LogP contribution in [0.3, 0.4) is 0 Å². The Morgan fingerprint density at radius 1 is 1.07 bits per heavy atom. The van der Waals surface area contributed by atoms with Gasteiger partial charge < -0.3 is 0 Å². The van der Waals surface area contributed by atoms with Crippen LogP contribution in [0.1, 0.15) is 0 Å². The zero-order chi connectivity index (χ0) is 11.1. The summed E-state index contributed by atoms with van der Waals surface area (Å²) >= 11 is 8.15. The maximum Gasteiger partial charge on any atom is 0.304 e. The van der Waals surface area contributed by atoms with Crippen molar-refractivity contribution in [2.45, 2.75) is 4.21 Å². The first-order chi connectivity index (χ1) is 6.97. The summed E-state index contributed by atoms with van der Waals surface area (Å²) in [5.41, 5.74) is 0. The molecule has 7 heteroatoms. The quantitative estimate of drug-likeness (QED) is 0.858. The molecule has 0 aliphatic heterocycles. The monoisotopic (exact) mass is 280 g/mol. The van der Waals surface area contributed by atoms with Crippen LogP contribution in [0.5, 0.6) is 0 Å². The minimum atomic E-state index is -4.09. The van der Waals surface area contributed by atoms with Crippen molar-refractivity contribution in [3.63, 3.8) is 0 Å². The Morgan fingerprint density at radius 3 is 2.13 bits per heavy atom. The largest absolute Gasteiger partial charge is 0.304 e. The van der Waals surface area contributed by atoms with Crippen LogP contribution in [0.25, 0.3) is 9.75 Å².